The number of anilines is 1. The molecule has 2 saturated heterocycles. The lowest BCUT2D eigenvalue weighted by molar-refractivity contribution is 0.0503. The van der Waals surface area contributed by atoms with Gasteiger partial charge in [-0.1, -0.05) is 19.1 Å². The van der Waals surface area contributed by atoms with Crippen molar-refractivity contribution in [3.05, 3.63) is 29.8 Å². The van der Waals surface area contributed by atoms with E-state index in [-0.39, 0.29) is 0 Å². The zero-order valence-electron chi connectivity index (χ0n) is 11.5. The van der Waals surface area contributed by atoms with E-state index in [0.717, 1.165) is 36.3 Å². The van der Waals surface area contributed by atoms with Gasteiger partial charge in [-0.3, -0.25) is 4.90 Å². The highest BCUT2D eigenvalue weighted by Crippen LogP contribution is 2.28. The van der Waals surface area contributed by atoms with Crippen LogP contribution in [0.2, 0.25) is 0 Å². The molecule has 3 nitrogen and oxygen atoms in total. The van der Waals surface area contributed by atoms with Gasteiger partial charge in [-0.25, -0.2) is 0 Å². The van der Waals surface area contributed by atoms with Crippen molar-refractivity contribution in [2.45, 2.75) is 25.8 Å². The third-order valence-corrected chi connectivity index (χ3v) is 4.44. The van der Waals surface area contributed by atoms with Crippen molar-refractivity contribution in [1.29, 1.82) is 5.26 Å². The van der Waals surface area contributed by atoms with Crippen LogP contribution in [0.15, 0.2) is 24.3 Å². The maximum Gasteiger partial charge on any atom is 0.101 e. The van der Waals surface area contributed by atoms with Gasteiger partial charge in [0.1, 0.15) is 6.07 Å². The monoisotopic (exact) mass is 255 g/mol. The number of rotatable bonds is 2. The molecule has 2 aliphatic rings. The zero-order valence-corrected chi connectivity index (χ0v) is 11.5. The summed E-state index contributed by atoms with van der Waals surface area (Å²) in [7, 11) is 0. The van der Waals surface area contributed by atoms with Crippen molar-refractivity contribution < 1.29 is 0 Å². The number of nitriles is 1. The molecule has 0 spiro atoms. The summed E-state index contributed by atoms with van der Waals surface area (Å²) >= 11 is 0. The second-order valence-electron chi connectivity index (χ2n) is 5.91. The lowest BCUT2D eigenvalue weighted by Gasteiger charge is -2.46. The third-order valence-electron chi connectivity index (χ3n) is 4.44. The van der Waals surface area contributed by atoms with Gasteiger partial charge in [0.15, 0.2) is 0 Å². The minimum atomic E-state index is 0.765. The first-order valence-corrected chi connectivity index (χ1v) is 7.26. The number of piperidine rings is 1. The number of hydrogen-bond acceptors (Lipinski definition) is 3. The van der Waals surface area contributed by atoms with Crippen molar-refractivity contribution in [3.63, 3.8) is 0 Å². The molecule has 0 bridgehead atoms. The second-order valence-corrected chi connectivity index (χ2v) is 5.91. The smallest absolute Gasteiger partial charge is 0.101 e. The van der Waals surface area contributed by atoms with Crippen molar-refractivity contribution >= 4 is 5.69 Å². The molecule has 1 aromatic rings. The summed E-state index contributed by atoms with van der Waals surface area (Å²) < 4.78 is 0. The minimum Gasteiger partial charge on any atom is -0.370 e. The molecule has 1 aromatic carbocycles. The van der Waals surface area contributed by atoms with Crippen LogP contribution in [0, 0.1) is 17.2 Å². The average molecular weight is 255 g/mol. The number of benzene rings is 1. The van der Waals surface area contributed by atoms with Gasteiger partial charge >= 0.3 is 0 Å². The molecule has 3 rings (SSSR count). The molecule has 2 heterocycles. The molecule has 2 aliphatic heterocycles. The fraction of sp³-hybridized carbons (Fsp3) is 0.562. The molecule has 0 amide bonds. The largest absolute Gasteiger partial charge is 0.370 e. The molecule has 2 fully saturated rings. The van der Waals surface area contributed by atoms with Gasteiger partial charge in [-0.15, -0.1) is 0 Å². The van der Waals surface area contributed by atoms with Crippen LogP contribution in [-0.4, -0.2) is 37.1 Å². The Bertz CT molecular complexity index is 477. The van der Waals surface area contributed by atoms with Crippen molar-refractivity contribution in [1.82, 2.24) is 4.90 Å². The van der Waals surface area contributed by atoms with E-state index in [2.05, 4.69) is 28.9 Å². The molecule has 3 heteroatoms. The van der Waals surface area contributed by atoms with E-state index in [1.54, 1.807) is 0 Å². The molecule has 0 aromatic heterocycles. The highest BCUT2D eigenvalue weighted by atomic mass is 15.2. The van der Waals surface area contributed by atoms with E-state index in [4.69, 9.17) is 0 Å². The van der Waals surface area contributed by atoms with Crippen molar-refractivity contribution in [3.8, 4) is 6.07 Å². The summed E-state index contributed by atoms with van der Waals surface area (Å²) in [5.74, 6) is 0.886. The Kier molecular flexibility index (Phi) is 3.44. The van der Waals surface area contributed by atoms with Gasteiger partial charge in [0.25, 0.3) is 0 Å². The second kappa shape index (κ2) is 5.22. The van der Waals surface area contributed by atoms with Crippen LogP contribution in [0.3, 0.4) is 0 Å². The topological polar surface area (TPSA) is 30.3 Å². The van der Waals surface area contributed by atoms with Crippen LogP contribution in [0.5, 0.6) is 0 Å². The zero-order chi connectivity index (χ0) is 13.2. The van der Waals surface area contributed by atoms with Gasteiger partial charge in [-0.05, 0) is 30.9 Å². The van der Waals surface area contributed by atoms with Crippen LogP contribution in [0.4, 0.5) is 5.69 Å². The SMILES string of the molecule is CC1CN(C2CCN(c3ccccc3C#N)CC2)C1. The highest BCUT2D eigenvalue weighted by Gasteiger charge is 2.31. The molecular formula is C16H21N3. The van der Waals surface area contributed by atoms with Crippen LogP contribution in [-0.2, 0) is 0 Å². The van der Waals surface area contributed by atoms with Crippen LogP contribution >= 0.6 is 0 Å². The summed E-state index contributed by atoms with van der Waals surface area (Å²) in [6.07, 6.45) is 2.46. The predicted octanol–water partition coefficient (Wildman–Crippen LogP) is 2.48. The van der Waals surface area contributed by atoms with E-state index < -0.39 is 0 Å². The number of hydrogen-bond donors (Lipinski definition) is 0. The summed E-state index contributed by atoms with van der Waals surface area (Å²) in [4.78, 5) is 5.00. The minimum absolute atomic E-state index is 0.765. The number of likely N-dealkylation sites (tertiary alicyclic amines) is 1. The molecule has 0 aliphatic carbocycles. The lowest BCUT2D eigenvalue weighted by Crippen LogP contribution is -2.54. The normalized spacial score (nSPS) is 22.0. The van der Waals surface area contributed by atoms with Crippen LogP contribution in [0.25, 0.3) is 0 Å². The van der Waals surface area contributed by atoms with E-state index >= 15 is 0 Å². The van der Waals surface area contributed by atoms with Crippen LogP contribution in [0.1, 0.15) is 25.3 Å². The Hall–Kier alpha value is -1.53. The van der Waals surface area contributed by atoms with E-state index in [0.29, 0.717) is 0 Å². The van der Waals surface area contributed by atoms with Gasteiger partial charge in [-0.2, -0.15) is 5.26 Å². The third kappa shape index (κ3) is 2.46. The summed E-state index contributed by atoms with van der Waals surface area (Å²) in [5, 5.41) is 9.18. The van der Waals surface area contributed by atoms with Crippen LogP contribution < -0.4 is 4.90 Å². The molecule has 0 atom stereocenters. The molecule has 0 radical (unpaired) electrons. The maximum atomic E-state index is 9.18. The predicted molar refractivity (Wildman–Crippen MR) is 77.1 cm³/mol. The Morgan fingerprint density at radius 1 is 1.16 bits per heavy atom. The fourth-order valence-corrected chi connectivity index (χ4v) is 3.36. The maximum absolute atomic E-state index is 9.18. The average Bonchev–Trinajstić information content (AvgIpc) is 2.44. The van der Waals surface area contributed by atoms with Gasteiger partial charge in [0, 0.05) is 32.2 Å². The molecule has 100 valence electrons. The lowest BCUT2D eigenvalue weighted by atomic mass is 9.94. The molecule has 0 N–H and O–H groups in total. The Morgan fingerprint density at radius 3 is 2.47 bits per heavy atom. The standard InChI is InChI=1S/C16H21N3/c1-13-11-19(12-13)15-6-8-18(9-7-15)16-5-3-2-4-14(16)10-17/h2-5,13,15H,6-9,11-12H2,1H3. The molecule has 19 heavy (non-hydrogen) atoms. The van der Waals surface area contributed by atoms with Gasteiger partial charge in [0.2, 0.25) is 0 Å². The first-order chi connectivity index (χ1) is 9.28. The van der Waals surface area contributed by atoms with Crippen molar-refractivity contribution in [2.75, 3.05) is 31.1 Å². The molecular weight excluding hydrogens is 234 g/mol. The van der Waals surface area contributed by atoms with Gasteiger partial charge in [0.05, 0.1) is 11.3 Å². The first-order valence-electron chi connectivity index (χ1n) is 7.26. The van der Waals surface area contributed by atoms with Crippen molar-refractivity contribution in [2.24, 2.45) is 5.92 Å². The Balaban J connectivity index is 1.62. The first kappa shape index (κ1) is 12.5. The Morgan fingerprint density at radius 2 is 1.84 bits per heavy atom. The van der Waals surface area contributed by atoms with E-state index in [1.165, 1.54) is 25.9 Å². The van der Waals surface area contributed by atoms with E-state index in [9.17, 15) is 5.26 Å². The number of nitrogens with zero attached hydrogens (tertiary/aromatic N) is 3. The summed E-state index contributed by atoms with van der Waals surface area (Å²) in [6, 6.07) is 11.0. The molecule has 0 saturated carbocycles. The quantitative estimate of drug-likeness (QED) is 0.813. The van der Waals surface area contributed by atoms with E-state index in [1.807, 2.05) is 18.2 Å². The highest BCUT2D eigenvalue weighted by molar-refractivity contribution is 5.59. The molecule has 0 unspecified atom stereocenters. The fourth-order valence-electron chi connectivity index (χ4n) is 3.36. The van der Waals surface area contributed by atoms with Gasteiger partial charge < -0.3 is 4.90 Å². The summed E-state index contributed by atoms with van der Waals surface area (Å²) in [5.41, 5.74) is 1.92. The Labute approximate surface area is 115 Å². The summed E-state index contributed by atoms with van der Waals surface area (Å²) in [6.45, 7) is 7.04. The number of para-hydroxylation sites is 1.